The van der Waals surface area contributed by atoms with Crippen molar-refractivity contribution in [1.82, 2.24) is 29.8 Å². The number of hydrogen-bond donors (Lipinski definition) is 1. The Morgan fingerprint density at radius 1 is 1.23 bits per heavy atom. The van der Waals surface area contributed by atoms with Gasteiger partial charge in [-0.25, -0.2) is 4.68 Å². The van der Waals surface area contributed by atoms with Crippen molar-refractivity contribution in [3.63, 3.8) is 0 Å². The molecule has 0 unspecified atom stereocenters. The maximum absolute atomic E-state index is 13.0. The van der Waals surface area contributed by atoms with Gasteiger partial charge < -0.3 is 14.8 Å². The van der Waals surface area contributed by atoms with E-state index < -0.39 is 0 Å². The molecule has 1 aliphatic heterocycles. The van der Waals surface area contributed by atoms with Gasteiger partial charge in [0.1, 0.15) is 0 Å². The van der Waals surface area contributed by atoms with Gasteiger partial charge in [-0.1, -0.05) is 23.4 Å². The average molecular weight is 352 g/mol. The lowest BCUT2D eigenvalue weighted by Gasteiger charge is -2.31. The Morgan fingerprint density at radius 3 is 2.77 bits per heavy atom. The molecule has 7 heteroatoms. The molecule has 3 heterocycles. The number of amides is 1. The molecule has 136 valence electrons. The summed E-state index contributed by atoms with van der Waals surface area (Å²) in [5, 5.41) is 12.5. The van der Waals surface area contributed by atoms with Crippen LogP contribution in [0.1, 0.15) is 34.9 Å². The van der Waals surface area contributed by atoms with Crippen LogP contribution >= 0.6 is 0 Å². The monoisotopic (exact) mass is 352 g/mol. The van der Waals surface area contributed by atoms with Crippen molar-refractivity contribution in [2.24, 2.45) is 7.05 Å². The number of nitrogens with one attached hydrogen (secondary N) is 1. The quantitative estimate of drug-likeness (QED) is 0.779. The number of carbonyl (C=O) groups is 1. The molecule has 1 saturated heterocycles. The van der Waals surface area contributed by atoms with Crippen molar-refractivity contribution in [2.45, 2.75) is 25.4 Å². The first kappa shape index (κ1) is 16.8. The van der Waals surface area contributed by atoms with E-state index >= 15 is 0 Å². The lowest BCUT2D eigenvalue weighted by Crippen LogP contribution is -2.39. The Labute approximate surface area is 152 Å². The summed E-state index contributed by atoms with van der Waals surface area (Å²) in [6.07, 6.45) is 5.75. The highest BCUT2D eigenvalue weighted by atomic mass is 16.2. The number of para-hydroxylation sites is 1. The van der Waals surface area contributed by atoms with Crippen LogP contribution in [-0.2, 0) is 13.6 Å². The van der Waals surface area contributed by atoms with Crippen LogP contribution in [-0.4, -0.2) is 50.5 Å². The van der Waals surface area contributed by atoms with Gasteiger partial charge in [0.25, 0.3) is 5.91 Å². The molecule has 1 amide bonds. The molecular formula is C19H24N6O. The zero-order valence-electron chi connectivity index (χ0n) is 15.2. The largest absolute Gasteiger partial charge is 0.350 e. The molecule has 2 aromatic heterocycles. The standard InChI is InChI=1S/C19H24N6O/c1-20-11-14-12-25(22-21-14)15-7-9-24(10-8-15)19(26)17-13-23(2)18-6-4-3-5-16(17)18/h3-6,12-13,15,20H,7-11H2,1-2H3. The third-order valence-electron chi connectivity index (χ3n) is 5.17. The molecule has 1 aromatic carbocycles. The molecule has 0 saturated carbocycles. The minimum atomic E-state index is 0.120. The number of piperidine rings is 1. The zero-order valence-corrected chi connectivity index (χ0v) is 15.2. The first-order chi connectivity index (χ1) is 12.7. The van der Waals surface area contributed by atoms with Gasteiger partial charge in [0.05, 0.1) is 23.5 Å². The van der Waals surface area contributed by atoms with Crippen molar-refractivity contribution in [1.29, 1.82) is 0 Å². The topological polar surface area (TPSA) is 68.0 Å². The molecule has 0 aliphatic carbocycles. The molecule has 0 spiro atoms. The van der Waals surface area contributed by atoms with Crippen LogP contribution in [0.4, 0.5) is 0 Å². The molecule has 0 bridgehead atoms. The first-order valence-corrected chi connectivity index (χ1v) is 9.06. The second-order valence-electron chi connectivity index (χ2n) is 6.91. The van der Waals surface area contributed by atoms with Crippen molar-refractivity contribution in [2.75, 3.05) is 20.1 Å². The summed E-state index contributed by atoms with van der Waals surface area (Å²) < 4.78 is 3.97. The fraction of sp³-hybridized carbons (Fsp3) is 0.421. The number of benzene rings is 1. The van der Waals surface area contributed by atoms with Gasteiger partial charge in [-0.05, 0) is 26.0 Å². The van der Waals surface area contributed by atoms with Crippen LogP contribution in [0.5, 0.6) is 0 Å². The minimum Gasteiger partial charge on any atom is -0.350 e. The van der Waals surface area contributed by atoms with Crippen LogP contribution in [0.3, 0.4) is 0 Å². The molecule has 1 fully saturated rings. The maximum Gasteiger partial charge on any atom is 0.256 e. The smallest absolute Gasteiger partial charge is 0.256 e. The van der Waals surface area contributed by atoms with Crippen molar-refractivity contribution >= 4 is 16.8 Å². The number of fused-ring (bicyclic) bond motifs is 1. The van der Waals surface area contributed by atoms with Crippen molar-refractivity contribution in [3.05, 3.63) is 47.9 Å². The molecule has 1 N–H and O–H groups in total. The molecule has 0 radical (unpaired) electrons. The molecule has 4 rings (SSSR count). The lowest BCUT2D eigenvalue weighted by molar-refractivity contribution is 0.0691. The molecule has 1 aliphatic rings. The van der Waals surface area contributed by atoms with Crippen molar-refractivity contribution < 1.29 is 4.79 Å². The average Bonchev–Trinajstić information content (AvgIpc) is 3.27. The Bertz CT molecular complexity index is 919. The summed E-state index contributed by atoms with van der Waals surface area (Å²) >= 11 is 0. The van der Waals surface area contributed by atoms with Crippen LogP contribution in [0.2, 0.25) is 0 Å². The number of likely N-dealkylation sites (tertiary alicyclic amines) is 1. The predicted molar refractivity (Wildman–Crippen MR) is 99.9 cm³/mol. The second kappa shape index (κ2) is 6.92. The third kappa shape index (κ3) is 2.99. The van der Waals surface area contributed by atoms with E-state index in [2.05, 4.69) is 15.6 Å². The predicted octanol–water partition coefficient (Wildman–Crippen LogP) is 1.97. The van der Waals surface area contributed by atoms with Gasteiger partial charge in [0.2, 0.25) is 0 Å². The molecule has 0 atom stereocenters. The van der Waals surface area contributed by atoms with E-state index in [9.17, 15) is 4.79 Å². The van der Waals surface area contributed by atoms with Gasteiger partial charge in [0, 0.05) is 43.8 Å². The summed E-state index contributed by atoms with van der Waals surface area (Å²) in [6.45, 7) is 2.21. The summed E-state index contributed by atoms with van der Waals surface area (Å²) in [4.78, 5) is 15.0. The van der Waals surface area contributed by atoms with Gasteiger partial charge in [-0.3, -0.25) is 4.79 Å². The van der Waals surface area contributed by atoms with Crippen LogP contribution in [0.15, 0.2) is 36.7 Å². The van der Waals surface area contributed by atoms with Gasteiger partial charge >= 0.3 is 0 Å². The van der Waals surface area contributed by atoms with E-state index in [1.165, 1.54) is 0 Å². The zero-order chi connectivity index (χ0) is 18.1. The van der Waals surface area contributed by atoms with E-state index in [0.29, 0.717) is 6.04 Å². The van der Waals surface area contributed by atoms with Crippen LogP contribution in [0.25, 0.3) is 10.9 Å². The summed E-state index contributed by atoms with van der Waals surface area (Å²) in [5.74, 6) is 0.120. The van der Waals surface area contributed by atoms with Crippen molar-refractivity contribution in [3.8, 4) is 0 Å². The fourth-order valence-corrected chi connectivity index (χ4v) is 3.77. The van der Waals surface area contributed by atoms with Crippen LogP contribution < -0.4 is 5.32 Å². The number of nitrogens with zero attached hydrogens (tertiary/aromatic N) is 5. The highest BCUT2D eigenvalue weighted by Gasteiger charge is 2.27. The summed E-state index contributed by atoms with van der Waals surface area (Å²) in [7, 11) is 3.88. The SMILES string of the molecule is CNCc1cn(C2CCN(C(=O)c3cn(C)c4ccccc34)CC2)nn1. The van der Waals surface area contributed by atoms with E-state index in [1.54, 1.807) is 0 Å². The molecule has 26 heavy (non-hydrogen) atoms. The van der Waals surface area contributed by atoms with E-state index in [-0.39, 0.29) is 5.91 Å². The lowest BCUT2D eigenvalue weighted by atomic mass is 10.0. The van der Waals surface area contributed by atoms with Gasteiger partial charge in [-0.15, -0.1) is 5.10 Å². The van der Waals surface area contributed by atoms with Gasteiger partial charge in [-0.2, -0.15) is 0 Å². The minimum absolute atomic E-state index is 0.120. The maximum atomic E-state index is 13.0. The number of aryl methyl sites for hydroxylation is 1. The van der Waals surface area contributed by atoms with Crippen LogP contribution in [0, 0.1) is 0 Å². The third-order valence-corrected chi connectivity index (χ3v) is 5.17. The second-order valence-corrected chi connectivity index (χ2v) is 6.91. The molecule has 7 nitrogen and oxygen atoms in total. The Morgan fingerprint density at radius 2 is 2.00 bits per heavy atom. The molecular weight excluding hydrogens is 328 g/mol. The Hall–Kier alpha value is -2.67. The Kier molecular flexibility index (Phi) is 4.46. The summed E-state index contributed by atoms with van der Waals surface area (Å²) in [5.41, 5.74) is 2.82. The fourth-order valence-electron chi connectivity index (χ4n) is 3.77. The van der Waals surface area contributed by atoms with Gasteiger partial charge in [0.15, 0.2) is 0 Å². The highest BCUT2D eigenvalue weighted by Crippen LogP contribution is 2.26. The Balaban J connectivity index is 1.46. The first-order valence-electron chi connectivity index (χ1n) is 9.06. The number of carbonyl (C=O) groups excluding carboxylic acids is 1. The number of rotatable bonds is 4. The highest BCUT2D eigenvalue weighted by molar-refractivity contribution is 6.07. The number of hydrogen-bond acceptors (Lipinski definition) is 4. The molecule has 3 aromatic rings. The van der Waals surface area contributed by atoms with E-state index in [1.807, 2.05) is 64.9 Å². The summed E-state index contributed by atoms with van der Waals surface area (Å²) in [6, 6.07) is 8.37. The normalized spacial score (nSPS) is 15.7. The number of aromatic nitrogens is 4. The van der Waals surface area contributed by atoms with E-state index in [4.69, 9.17) is 0 Å². The van der Waals surface area contributed by atoms with E-state index in [0.717, 1.165) is 54.6 Å².